The van der Waals surface area contributed by atoms with Gasteiger partial charge in [-0.15, -0.1) is 10.2 Å². The van der Waals surface area contributed by atoms with Crippen molar-refractivity contribution in [2.75, 3.05) is 0 Å². The van der Waals surface area contributed by atoms with E-state index in [1.807, 2.05) is 62.4 Å². The predicted molar refractivity (Wildman–Crippen MR) is 107 cm³/mol. The molecule has 0 radical (unpaired) electrons. The van der Waals surface area contributed by atoms with Gasteiger partial charge in [0.2, 0.25) is 5.89 Å². The van der Waals surface area contributed by atoms with Gasteiger partial charge in [-0.2, -0.15) is 0 Å². The first-order valence-corrected chi connectivity index (χ1v) is 9.22. The standard InChI is InChI=1S/C21H16BrN3O2/c1-12-17(19(26)15-9-6-10-16(22)11-15)13(2)23-18(12)21-25-24-20(27-21)14-7-4-3-5-8-14/h3-11,23H,1-2H3. The molecule has 0 atom stereocenters. The average molecular weight is 422 g/mol. The molecule has 27 heavy (non-hydrogen) atoms. The molecule has 134 valence electrons. The van der Waals surface area contributed by atoms with Crippen LogP contribution in [0.3, 0.4) is 0 Å². The summed E-state index contributed by atoms with van der Waals surface area (Å²) in [5.74, 6) is 0.761. The highest BCUT2D eigenvalue weighted by atomic mass is 79.9. The quantitative estimate of drug-likeness (QED) is 0.451. The molecule has 4 aromatic rings. The molecule has 2 heterocycles. The van der Waals surface area contributed by atoms with Crippen molar-refractivity contribution in [2.24, 2.45) is 0 Å². The van der Waals surface area contributed by atoms with Gasteiger partial charge in [-0.05, 0) is 43.7 Å². The van der Waals surface area contributed by atoms with Crippen LogP contribution in [0, 0.1) is 13.8 Å². The molecule has 6 heteroatoms. The van der Waals surface area contributed by atoms with E-state index in [-0.39, 0.29) is 5.78 Å². The van der Waals surface area contributed by atoms with Crippen LogP contribution in [0.2, 0.25) is 0 Å². The number of H-pyrrole nitrogens is 1. The number of hydrogen-bond donors (Lipinski definition) is 1. The van der Waals surface area contributed by atoms with Crippen molar-refractivity contribution in [1.82, 2.24) is 15.2 Å². The highest BCUT2D eigenvalue weighted by molar-refractivity contribution is 9.10. The number of carbonyl (C=O) groups excluding carboxylic acids is 1. The van der Waals surface area contributed by atoms with Crippen molar-refractivity contribution < 1.29 is 9.21 Å². The lowest BCUT2D eigenvalue weighted by atomic mass is 10.00. The topological polar surface area (TPSA) is 71.8 Å². The minimum absolute atomic E-state index is 0.0448. The van der Waals surface area contributed by atoms with Crippen LogP contribution in [0.25, 0.3) is 23.0 Å². The number of aromatic amines is 1. The zero-order valence-corrected chi connectivity index (χ0v) is 16.4. The molecule has 0 aliphatic carbocycles. The fourth-order valence-corrected chi connectivity index (χ4v) is 3.50. The first-order valence-electron chi connectivity index (χ1n) is 8.43. The number of carbonyl (C=O) groups is 1. The van der Waals surface area contributed by atoms with E-state index in [2.05, 4.69) is 31.1 Å². The molecule has 0 fully saturated rings. The van der Waals surface area contributed by atoms with E-state index < -0.39 is 0 Å². The second-order valence-corrected chi connectivity index (χ2v) is 7.16. The van der Waals surface area contributed by atoms with Crippen LogP contribution in [0.1, 0.15) is 27.2 Å². The van der Waals surface area contributed by atoms with E-state index in [1.165, 1.54) is 0 Å². The van der Waals surface area contributed by atoms with Gasteiger partial charge in [0.05, 0.1) is 0 Å². The molecule has 2 aromatic heterocycles. The minimum atomic E-state index is -0.0448. The van der Waals surface area contributed by atoms with Gasteiger partial charge in [-0.25, -0.2) is 0 Å². The minimum Gasteiger partial charge on any atom is -0.415 e. The van der Waals surface area contributed by atoms with Crippen LogP contribution in [-0.2, 0) is 0 Å². The second kappa shape index (κ2) is 6.96. The average Bonchev–Trinajstić information content (AvgIpc) is 3.27. The second-order valence-electron chi connectivity index (χ2n) is 6.24. The molecule has 0 unspecified atom stereocenters. The van der Waals surface area contributed by atoms with Crippen LogP contribution in [0.15, 0.2) is 63.5 Å². The summed E-state index contributed by atoms with van der Waals surface area (Å²) >= 11 is 3.41. The largest absolute Gasteiger partial charge is 0.415 e. The number of nitrogens with one attached hydrogen (secondary N) is 1. The van der Waals surface area contributed by atoms with Crippen LogP contribution in [0.4, 0.5) is 0 Å². The first kappa shape index (κ1) is 17.4. The molecular weight excluding hydrogens is 406 g/mol. The number of nitrogens with zero attached hydrogens (tertiary/aromatic N) is 2. The summed E-state index contributed by atoms with van der Waals surface area (Å²) in [6.07, 6.45) is 0. The molecule has 5 nitrogen and oxygen atoms in total. The predicted octanol–water partition coefficient (Wildman–Crippen LogP) is 5.34. The molecule has 1 N–H and O–H groups in total. The molecule has 0 spiro atoms. The van der Waals surface area contributed by atoms with E-state index in [9.17, 15) is 4.79 Å². The molecular formula is C21H16BrN3O2. The molecule has 0 aliphatic rings. The normalized spacial score (nSPS) is 10.9. The van der Waals surface area contributed by atoms with Crippen LogP contribution < -0.4 is 0 Å². The Morgan fingerprint density at radius 2 is 1.74 bits per heavy atom. The number of benzene rings is 2. The van der Waals surface area contributed by atoms with Gasteiger partial charge in [0.25, 0.3) is 5.89 Å². The maximum absolute atomic E-state index is 13.0. The van der Waals surface area contributed by atoms with Crippen molar-refractivity contribution >= 4 is 21.7 Å². The monoisotopic (exact) mass is 421 g/mol. The number of rotatable bonds is 4. The summed E-state index contributed by atoms with van der Waals surface area (Å²) in [7, 11) is 0. The first-order chi connectivity index (χ1) is 13.0. The molecule has 0 aliphatic heterocycles. The Bertz CT molecular complexity index is 1130. The van der Waals surface area contributed by atoms with Crippen molar-refractivity contribution in [3.05, 3.63) is 81.5 Å². The third kappa shape index (κ3) is 3.24. The molecule has 0 saturated heterocycles. The Balaban J connectivity index is 1.73. The zero-order valence-electron chi connectivity index (χ0n) is 14.8. The fraction of sp³-hybridized carbons (Fsp3) is 0.0952. The van der Waals surface area contributed by atoms with Crippen molar-refractivity contribution in [2.45, 2.75) is 13.8 Å². The summed E-state index contributed by atoms with van der Waals surface area (Å²) in [5.41, 5.74) is 4.33. The van der Waals surface area contributed by atoms with Crippen LogP contribution in [-0.4, -0.2) is 21.0 Å². The summed E-state index contributed by atoms with van der Waals surface area (Å²) in [5, 5.41) is 8.29. The summed E-state index contributed by atoms with van der Waals surface area (Å²) in [6, 6.07) is 16.9. The van der Waals surface area contributed by atoms with Gasteiger partial charge in [-0.1, -0.05) is 46.3 Å². The maximum Gasteiger partial charge on any atom is 0.264 e. The molecule has 0 amide bonds. The van der Waals surface area contributed by atoms with Gasteiger partial charge in [0, 0.05) is 26.9 Å². The Hall–Kier alpha value is -2.99. The van der Waals surface area contributed by atoms with Gasteiger partial charge < -0.3 is 9.40 Å². The SMILES string of the molecule is Cc1[nH]c(-c2nnc(-c3ccccc3)o2)c(C)c1C(=O)c1cccc(Br)c1. The highest BCUT2D eigenvalue weighted by Crippen LogP contribution is 2.30. The smallest absolute Gasteiger partial charge is 0.264 e. The number of halogens is 1. The summed E-state index contributed by atoms with van der Waals surface area (Å²) in [6.45, 7) is 3.76. The number of hydrogen-bond acceptors (Lipinski definition) is 4. The summed E-state index contributed by atoms with van der Waals surface area (Å²) in [4.78, 5) is 16.2. The Labute approximate surface area is 164 Å². The fourth-order valence-electron chi connectivity index (χ4n) is 3.10. The number of aryl methyl sites for hydroxylation is 1. The van der Waals surface area contributed by atoms with Gasteiger partial charge in [-0.3, -0.25) is 4.79 Å². The van der Waals surface area contributed by atoms with Crippen molar-refractivity contribution in [1.29, 1.82) is 0 Å². The van der Waals surface area contributed by atoms with E-state index in [0.717, 1.165) is 21.3 Å². The number of ketones is 1. The number of aromatic nitrogens is 3. The van der Waals surface area contributed by atoms with E-state index in [4.69, 9.17) is 4.42 Å². The Kier molecular flexibility index (Phi) is 4.49. The lowest BCUT2D eigenvalue weighted by molar-refractivity contribution is 0.103. The van der Waals surface area contributed by atoms with Gasteiger partial charge in [0.1, 0.15) is 5.69 Å². The van der Waals surface area contributed by atoms with Crippen molar-refractivity contribution in [3.8, 4) is 23.0 Å². The lowest BCUT2D eigenvalue weighted by Crippen LogP contribution is -2.03. The van der Waals surface area contributed by atoms with Crippen LogP contribution in [0.5, 0.6) is 0 Å². The highest BCUT2D eigenvalue weighted by Gasteiger charge is 2.23. The summed E-state index contributed by atoms with van der Waals surface area (Å²) < 4.78 is 6.70. The van der Waals surface area contributed by atoms with E-state index in [0.29, 0.717) is 28.6 Å². The molecule has 0 bridgehead atoms. The van der Waals surface area contributed by atoms with E-state index in [1.54, 1.807) is 6.07 Å². The maximum atomic E-state index is 13.0. The van der Waals surface area contributed by atoms with E-state index >= 15 is 0 Å². The van der Waals surface area contributed by atoms with Gasteiger partial charge >= 0.3 is 0 Å². The third-order valence-electron chi connectivity index (χ3n) is 4.41. The lowest BCUT2D eigenvalue weighted by Gasteiger charge is -2.03. The third-order valence-corrected chi connectivity index (χ3v) is 4.90. The van der Waals surface area contributed by atoms with Crippen molar-refractivity contribution in [3.63, 3.8) is 0 Å². The molecule has 0 saturated carbocycles. The Morgan fingerprint density at radius 3 is 2.48 bits per heavy atom. The van der Waals surface area contributed by atoms with Crippen LogP contribution >= 0.6 is 15.9 Å². The van der Waals surface area contributed by atoms with Gasteiger partial charge in [0.15, 0.2) is 5.78 Å². The Morgan fingerprint density at radius 1 is 1.00 bits per heavy atom. The molecule has 4 rings (SSSR count). The molecule has 2 aromatic carbocycles. The zero-order chi connectivity index (χ0) is 19.0.